The van der Waals surface area contributed by atoms with Crippen LogP contribution >= 0.6 is 34.8 Å². The van der Waals surface area contributed by atoms with Crippen molar-refractivity contribution in [2.45, 2.75) is 84.2 Å². The SMILES string of the molecule is CC1(C)CCC(N(CC(=O)c2c(Cl)cccc2Cl)C(=O)c2cnn(C3CCC(C)(C(=O)O)CC3)c2Cl)CC1. The molecule has 10 heteroatoms. The minimum Gasteiger partial charge on any atom is -0.481 e. The van der Waals surface area contributed by atoms with Crippen LogP contribution in [0.2, 0.25) is 15.2 Å². The number of carbonyl (C=O) groups excluding carboxylic acids is 2. The van der Waals surface area contributed by atoms with E-state index in [-0.39, 0.29) is 62.1 Å². The van der Waals surface area contributed by atoms with Gasteiger partial charge >= 0.3 is 5.97 Å². The van der Waals surface area contributed by atoms with Gasteiger partial charge < -0.3 is 10.0 Å². The highest BCUT2D eigenvalue weighted by Crippen LogP contribution is 2.42. The summed E-state index contributed by atoms with van der Waals surface area (Å²) in [6, 6.07) is 4.66. The van der Waals surface area contributed by atoms with E-state index in [1.165, 1.54) is 6.20 Å². The number of amides is 1. The van der Waals surface area contributed by atoms with E-state index in [0.29, 0.717) is 25.7 Å². The molecule has 2 saturated carbocycles. The Morgan fingerprint density at radius 3 is 2.13 bits per heavy atom. The Morgan fingerprint density at radius 1 is 1.00 bits per heavy atom. The van der Waals surface area contributed by atoms with Crippen LogP contribution in [0.15, 0.2) is 24.4 Å². The lowest BCUT2D eigenvalue weighted by Gasteiger charge is -2.40. The van der Waals surface area contributed by atoms with Gasteiger partial charge in [-0.05, 0) is 75.8 Å². The Hall–Kier alpha value is -2.09. The number of benzene rings is 1. The molecule has 2 aliphatic carbocycles. The van der Waals surface area contributed by atoms with E-state index < -0.39 is 11.4 Å². The number of hydrogen-bond donors (Lipinski definition) is 1. The predicted octanol–water partition coefficient (Wildman–Crippen LogP) is 7.34. The normalized spacial score (nSPS) is 23.7. The number of aromatic nitrogens is 2. The summed E-state index contributed by atoms with van der Waals surface area (Å²) in [5, 5.41) is 14.7. The van der Waals surface area contributed by atoms with E-state index in [1.807, 2.05) is 0 Å². The first kappa shape index (κ1) is 28.9. The first-order valence-corrected chi connectivity index (χ1v) is 14.2. The maximum atomic E-state index is 13.9. The van der Waals surface area contributed by atoms with Gasteiger partial charge in [0.05, 0.1) is 45.4 Å². The lowest BCUT2D eigenvalue weighted by atomic mass is 9.74. The molecule has 38 heavy (non-hydrogen) atoms. The highest BCUT2D eigenvalue weighted by atomic mass is 35.5. The monoisotopic (exact) mass is 581 g/mol. The zero-order valence-corrected chi connectivity index (χ0v) is 24.2. The van der Waals surface area contributed by atoms with Crippen molar-refractivity contribution in [3.8, 4) is 0 Å². The van der Waals surface area contributed by atoms with Crippen molar-refractivity contribution in [3.63, 3.8) is 0 Å². The smallest absolute Gasteiger partial charge is 0.309 e. The van der Waals surface area contributed by atoms with Gasteiger partial charge in [0.25, 0.3) is 5.91 Å². The lowest BCUT2D eigenvalue weighted by Crippen LogP contribution is -2.46. The number of hydrogen-bond acceptors (Lipinski definition) is 4. The summed E-state index contributed by atoms with van der Waals surface area (Å²) in [7, 11) is 0. The van der Waals surface area contributed by atoms with Gasteiger partial charge in [-0.1, -0.05) is 54.7 Å². The van der Waals surface area contributed by atoms with E-state index in [1.54, 1.807) is 34.7 Å². The molecule has 4 rings (SSSR count). The molecule has 0 bridgehead atoms. The molecule has 206 valence electrons. The summed E-state index contributed by atoms with van der Waals surface area (Å²) in [4.78, 5) is 40.6. The van der Waals surface area contributed by atoms with Crippen LogP contribution in [0.1, 0.15) is 98.9 Å². The summed E-state index contributed by atoms with van der Waals surface area (Å²) in [5.74, 6) is -1.48. The van der Waals surface area contributed by atoms with Gasteiger partial charge in [0.15, 0.2) is 5.78 Å². The average Bonchev–Trinajstić information content (AvgIpc) is 3.24. The molecule has 0 atom stereocenters. The standard InChI is InChI=1S/C28H34Cl3N3O4/c1-27(2)11-7-17(8-12-27)33(16-22(35)23-20(29)5-4-6-21(23)30)25(36)19-15-32-34(24(19)31)18-9-13-28(3,14-10-18)26(37)38/h4-6,15,17-18H,7-14,16H2,1-3H3,(H,37,38). The summed E-state index contributed by atoms with van der Waals surface area (Å²) in [5.41, 5.74) is -0.146. The van der Waals surface area contributed by atoms with Gasteiger partial charge in [-0.15, -0.1) is 0 Å². The minimum atomic E-state index is -0.798. The second-order valence-electron chi connectivity index (χ2n) is 11.7. The number of ketones is 1. The van der Waals surface area contributed by atoms with Crippen LogP contribution in [0.3, 0.4) is 0 Å². The zero-order chi connectivity index (χ0) is 27.8. The van der Waals surface area contributed by atoms with Crippen LogP contribution < -0.4 is 0 Å². The Labute approximate surface area is 238 Å². The Morgan fingerprint density at radius 2 is 1.58 bits per heavy atom. The molecular formula is C28H34Cl3N3O4. The molecule has 7 nitrogen and oxygen atoms in total. The molecule has 0 aliphatic heterocycles. The average molecular weight is 583 g/mol. The third-order valence-electron chi connectivity index (χ3n) is 8.45. The number of carboxylic acids is 1. The van der Waals surface area contributed by atoms with E-state index in [9.17, 15) is 19.5 Å². The summed E-state index contributed by atoms with van der Waals surface area (Å²) >= 11 is 19.3. The molecule has 0 spiro atoms. The van der Waals surface area contributed by atoms with Gasteiger partial charge in [0, 0.05) is 6.04 Å². The Balaban J connectivity index is 1.59. The highest BCUT2D eigenvalue weighted by molar-refractivity contribution is 6.40. The van der Waals surface area contributed by atoms with Gasteiger partial charge in [-0.25, -0.2) is 0 Å². The molecule has 1 amide bonds. The fourth-order valence-corrected chi connectivity index (χ4v) is 6.58. The predicted molar refractivity (Wildman–Crippen MR) is 148 cm³/mol. The number of aliphatic carboxylic acids is 1. The first-order valence-electron chi connectivity index (χ1n) is 13.1. The van der Waals surface area contributed by atoms with E-state index in [2.05, 4.69) is 18.9 Å². The van der Waals surface area contributed by atoms with Gasteiger partial charge in [-0.3, -0.25) is 19.1 Å². The van der Waals surface area contributed by atoms with Gasteiger partial charge in [-0.2, -0.15) is 5.10 Å². The molecular weight excluding hydrogens is 549 g/mol. The van der Waals surface area contributed by atoms with Crippen LogP contribution in [-0.4, -0.2) is 50.0 Å². The van der Waals surface area contributed by atoms with Gasteiger partial charge in [0.2, 0.25) is 0 Å². The topological polar surface area (TPSA) is 92.5 Å². The molecule has 2 aromatic rings. The first-order chi connectivity index (χ1) is 17.8. The van der Waals surface area contributed by atoms with Gasteiger partial charge in [0.1, 0.15) is 5.15 Å². The molecule has 1 aromatic heterocycles. The third-order valence-corrected chi connectivity index (χ3v) is 9.46. The molecule has 1 heterocycles. The van der Waals surface area contributed by atoms with Crippen LogP contribution in [-0.2, 0) is 4.79 Å². The quantitative estimate of drug-likeness (QED) is 0.345. The second-order valence-corrected chi connectivity index (χ2v) is 12.9. The maximum Gasteiger partial charge on any atom is 0.309 e. The van der Waals surface area contributed by atoms with Crippen molar-refractivity contribution in [1.29, 1.82) is 0 Å². The number of rotatable bonds is 7. The summed E-state index contributed by atoms with van der Waals surface area (Å²) in [6.07, 6.45) is 7.07. The van der Waals surface area contributed by atoms with Crippen LogP contribution in [0, 0.1) is 10.8 Å². The number of Topliss-reactive ketones (excluding diaryl/α,β-unsaturated/α-hetero) is 1. The van der Waals surface area contributed by atoms with E-state index in [4.69, 9.17) is 34.8 Å². The number of halogens is 3. The summed E-state index contributed by atoms with van der Waals surface area (Å²) in [6.45, 7) is 6.01. The van der Waals surface area contributed by atoms with Crippen molar-refractivity contribution in [2.75, 3.05) is 6.54 Å². The number of nitrogens with zero attached hydrogens (tertiary/aromatic N) is 3. The summed E-state index contributed by atoms with van der Waals surface area (Å²) < 4.78 is 1.63. The maximum absolute atomic E-state index is 13.9. The minimum absolute atomic E-state index is 0.0935. The highest BCUT2D eigenvalue weighted by Gasteiger charge is 2.40. The molecule has 2 fully saturated rings. The third kappa shape index (κ3) is 5.90. The molecule has 2 aliphatic rings. The van der Waals surface area contributed by atoms with Crippen LogP contribution in [0.4, 0.5) is 0 Å². The van der Waals surface area contributed by atoms with Crippen molar-refractivity contribution < 1.29 is 19.5 Å². The van der Waals surface area contributed by atoms with E-state index in [0.717, 1.165) is 25.7 Å². The molecule has 0 saturated heterocycles. The fourth-order valence-electron chi connectivity index (χ4n) is 5.66. The van der Waals surface area contributed by atoms with Crippen molar-refractivity contribution in [3.05, 3.63) is 50.7 Å². The molecule has 1 aromatic carbocycles. The second kappa shape index (κ2) is 11.2. The Kier molecular flexibility index (Phi) is 8.51. The largest absolute Gasteiger partial charge is 0.481 e. The van der Waals surface area contributed by atoms with Crippen molar-refractivity contribution in [1.82, 2.24) is 14.7 Å². The lowest BCUT2D eigenvalue weighted by molar-refractivity contribution is -0.150. The van der Waals surface area contributed by atoms with Crippen LogP contribution in [0.25, 0.3) is 0 Å². The number of carboxylic acid groups (broad SMARTS) is 1. The van der Waals surface area contributed by atoms with Crippen LogP contribution in [0.5, 0.6) is 0 Å². The molecule has 1 N–H and O–H groups in total. The zero-order valence-electron chi connectivity index (χ0n) is 22.0. The van der Waals surface area contributed by atoms with E-state index >= 15 is 0 Å². The molecule has 0 unspecified atom stereocenters. The Bertz CT molecular complexity index is 1200. The van der Waals surface area contributed by atoms with Crippen molar-refractivity contribution >= 4 is 52.5 Å². The molecule has 0 radical (unpaired) electrons. The number of carbonyl (C=O) groups is 3. The fraction of sp³-hybridized carbons (Fsp3) is 0.571. The van der Waals surface area contributed by atoms with Crippen molar-refractivity contribution in [2.24, 2.45) is 10.8 Å².